The molecule has 0 saturated heterocycles. The summed E-state index contributed by atoms with van der Waals surface area (Å²) in [6, 6.07) is 5.50. The molecule has 98 valence electrons. The van der Waals surface area contributed by atoms with Gasteiger partial charge in [-0.25, -0.2) is 0 Å². The second kappa shape index (κ2) is 6.09. The van der Waals surface area contributed by atoms with Gasteiger partial charge in [0.05, 0.1) is 12.2 Å². The fourth-order valence-electron chi connectivity index (χ4n) is 2.00. The molecule has 0 aromatic heterocycles. The normalized spacial score (nSPS) is 16.4. The lowest BCUT2D eigenvalue weighted by Crippen LogP contribution is -2.17. The zero-order valence-electron chi connectivity index (χ0n) is 10.1. The van der Waals surface area contributed by atoms with Crippen molar-refractivity contribution in [2.75, 3.05) is 6.61 Å². The molecule has 0 unspecified atom stereocenters. The van der Waals surface area contributed by atoms with Crippen molar-refractivity contribution >= 4 is 21.8 Å². The number of oxime groups is 1. The van der Waals surface area contributed by atoms with Crippen molar-refractivity contribution in [1.29, 1.82) is 0 Å². The Balaban J connectivity index is 2.01. The highest BCUT2D eigenvalue weighted by Gasteiger charge is 2.17. The van der Waals surface area contributed by atoms with Crippen LogP contribution in [0.25, 0.3) is 0 Å². The molecule has 0 aliphatic heterocycles. The van der Waals surface area contributed by atoms with Crippen LogP contribution in [-0.2, 0) is 0 Å². The molecule has 1 aliphatic carbocycles. The predicted molar refractivity (Wildman–Crippen MR) is 74.1 cm³/mol. The topological polar surface area (TPSA) is 67.8 Å². The summed E-state index contributed by atoms with van der Waals surface area (Å²) in [5.41, 5.74) is 6.24. The quantitative estimate of drug-likeness (QED) is 0.380. The van der Waals surface area contributed by atoms with Gasteiger partial charge in [-0.1, -0.05) is 40.3 Å². The first-order valence-electron chi connectivity index (χ1n) is 6.11. The Morgan fingerprint density at radius 3 is 2.89 bits per heavy atom. The molecule has 0 bridgehead atoms. The summed E-state index contributed by atoms with van der Waals surface area (Å²) < 4.78 is 6.60. The van der Waals surface area contributed by atoms with E-state index >= 15 is 0 Å². The number of hydrogen-bond donors (Lipinski definition) is 2. The molecule has 3 N–H and O–H groups in total. The van der Waals surface area contributed by atoms with Gasteiger partial charge in [0.15, 0.2) is 5.84 Å². The number of halogens is 1. The van der Waals surface area contributed by atoms with Crippen molar-refractivity contribution in [3.63, 3.8) is 0 Å². The van der Waals surface area contributed by atoms with Crippen LogP contribution >= 0.6 is 15.9 Å². The molecule has 1 aromatic carbocycles. The minimum atomic E-state index is 0.0648. The summed E-state index contributed by atoms with van der Waals surface area (Å²) in [7, 11) is 0. The average Bonchev–Trinajstić information content (AvgIpc) is 2.32. The van der Waals surface area contributed by atoms with Crippen LogP contribution < -0.4 is 10.5 Å². The van der Waals surface area contributed by atoms with Crippen molar-refractivity contribution in [3.8, 4) is 5.75 Å². The fourth-order valence-corrected chi connectivity index (χ4v) is 2.36. The predicted octanol–water partition coefficient (Wildman–Crippen LogP) is 3.11. The lowest BCUT2D eigenvalue weighted by molar-refractivity contribution is 0.221. The van der Waals surface area contributed by atoms with Gasteiger partial charge in [-0.2, -0.15) is 0 Å². The highest BCUT2D eigenvalue weighted by molar-refractivity contribution is 9.10. The Labute approximate surface area is 115 Å². The Kier molecular flexibility index (Phi) is 4.47. The molecule has 18 heavy (non-hydrogen) atoms. The number of benzene rings is 1. The number of ether oxygens (including phenoxy) is 1. The van der Waals surface area contributed by atoms with Crippen LogP contribution in [0.5, 0.6) is 5.75 Å². The van der Waals surface area contributed by atoms with Gasteiger partial charge in [-0.3, -0.25) is 0 Å². The summed E-state index contributed by atoms with van der Waals surface area (Å²) in [5, 5.41) is 11.8. The van der Waals surface area contributed by atoms with E-state index in [4.69, 9.17) is 15.7 Å². The monoisotopic (exact) mass is 312 g/mol. The van der Waals surface area contributed by atoms with Gasteiger partial charge in [0.1, 0.15) is 5.75 Å². The second-order valence-electron chi connectivity index (χ2n) is 4.56. The van der Waals surface area contributed by atoms with Crippen molar-refractivity contribution in [3.05, 3.63) is 28.2 Å². The Hall–Kier alpha value is -1.23. The number of amidine groups is 1. The van der Waals surface area contributed by atoms with E-state index in [2.05, 4.69) is 21.1 Å². The third kappa shape index (κ3) is 3.16. The van der Waals surface area contributed by atoms with Crippen LogP contribution in [0.4, 0.5) is 0 Å². The van der Waals surface area contributed by atoms with E-state index in [1.54, 1.807) is 6.07 Å². The maximum atomic E-state index is 8.76. The summed E-state index contributed by atoms with van der Waals surface area (Å²) in [5.74, 6) is 1.54. The maximum absolute atomic E-state index is 8.76. The number of nitrogens with zero attached hydrogens (tertiary/aromatic N) is 1. The van der Waals surface area contributed by atoms with Gasteiger partial charge in [-0.15, -0.1) is 0 Å². The number of rotatable bonds is 5. The minimum Gasteiger partial charge on any atom is -0.493 e. The molecule has 0 amide bonds. The molecule has 0 radical (unpaired) electrons. The van der Waals surface area contributed by atoms with Crippen LogP contribution in [0.3, 0.4) is 0 Å². The van der Waals surface area contributed by atoms with Crippen molar-refractivity contribution in [2.45, 2.75) is 25.7 Å². The van der Waals surface area contributed by atoms with Gasteiger partial charge in [0.25, 0.3) is 0 Å². The van der Waals surface area contributed by atoms with Gasteiger partial charge >= 0.3 is 0 Å². The lowest BCUT2D eigenvalue weighted by Gasteiger charge is -2.25. The van der Waals surface area contributed by atoms with Crippen molar-refractivity contribution in [1.82, 2.24) is 0 Å². The lowest BCUT2D eigenvalue weighted by atomic mass is 9.83. The van der Waals surface area contributed by atoms with Crippen LogP contribution in [0.2, 0.25) is 0 Å². The highest BCUT2D eigenvalue weighted by atomic mass is 79.9. The molecule has 0 atom stereocenters. The Bertz CT molecular complexity index is 445. The van der Waals surface area contributed by atoms with Crippen LogP contribution in [0.1, 0.15) is 31.2 Å². The maximum Gasteiger partial charge on any atom is 0.173 e. The zero-order chi connectivity index (χ0) is 13.0. The summed E-state index contributed by atoms with van der Waals surface area (Å²) >= 11 is 3.36. The molecular formula is C13H17BrN2O2. The molecule has 4 nitrogen and oxygen atoms in total. The largest absolute Gasteiger partial charge is 0.493 e. The summed E-state index contributed by atoms with van der Waals surface area (Å²) in [6.07, 6.45) is 5.05. The Morgan fingerprint density at radius 2 is 2.28 bits per heavy atom. The molecule has 1 saturated carbocycles. The number of nitrogens with two attached hydrogens (primary N) is 1. The smallest absolute Gasteiger partial charge is 0.173 e. The van der Waals surface area contributed by atoms with Crippen molar-refractivity contribution in [2.24, 2.45) is 16.8 Å². The molecule has 0 heterocycles. The van der Waals surface area contributed by atoms with E-state index < -0.39 is 0 Å². The van der Waals surface area contributed by atoms with Gasteiger partial charge in [0, 0.05) is 4.47 Å². The average molecular weight is 313 g/mol. The SMILES string of the molecule is N/C(=N/O)c1cc(Br)ccc1OCCC1CCC1. The third-order valence-corrected chi connectivity index (χ3v) is 3.83. The van der Waals surface area contributed by atoms with Gasteiger partial charge in [0.2, 0.25) is 0 Å². The van der Waals surface area contributed by atoms with E-state index in [0.717, 1.165) is 16.8 Å². The summed E-state index contributed by atoms with van der Waals surface area (Å²) in [4.78, 5) is 0. The van der Waals surface area contributed by atoms with Crippen LogP contribution in [-0.4, -0.2) is 17.6 Å². The van der Waals surface area contributed by atoms with E-state index in [1.165, 1.54) is 19.3 Å². The van der Waals surface area contributed by atoms with E-state index in [-0.39, 0.29) is 5.84 Å². The van der Waals surface area contributed by atoms with E-state index in [9.17, 15) is 0 Å². The second-order valence-corrected chi connectivity index (χ2v) is 5.48. The van der Waals surface area contributed by atoms with E-state index in [0.29, 0.717) is 17.9 Å². The first kappa shape index (κ1) is 13.2. The highest BCUT2D eigenvalue weighted by Crippen LogP contribution is 2.30. The molecular weight excluding hydrogens is 296 g/mol. The van der Waals surface area contributed by atoms with Gasteiger partial charge in [-0.05, 0) is 30.5 Å². The van der Waals surface area contributed by atoms with Crippen LogP contribution in [0, 0.1) is 5.92 Å². The fraction of sp³-hybridized carbons (Fsp3) is 0.462. The van der Waals surface area contributed by atoms with Crippen LogP contribution in [0.15, 0.2) is 27.8 Å². The first-order valence-corrected chi connectivity index (χ1v) is 6.90. The standard InChI is InChI=1S/C13H17BrN2O2/c14-10-4-5-12(11(8-10)13(15)16-17)18-7-6-9-2-1-3-9/h4-5,8-9,17H,1-3,6-7H2,(H2,15,16). The molecule has 2 rings (SSSR count). The molecule has 1 aromatic rings. The summed E-state index contributed by atoms with van der Waals surface area (Å²) in [6.45, 7) is 0.679. The van der Waals surface area contributed by atoms with Crippen molar-refractivity contribution < 1.29 is 9.94 Å². The molecule has 5 heteroatoms. The van der Waals surface area contributed by atoms with Gasteiger partial charge < -0.3 is 15.7 Å². The number of hydrogen-bond acceptors (Lipinski definition) is 3. The third-order valence-electron chi connectivity index (χ3n) is 3.33. The minimum absolute atomic E-state index is 0.0648. The molecule has 1 aliphatic rings. The zero-order valence-corrected chi connectivity index (χ0v) is 11.7. The molecule has 1 fully saturated rings. The van der Waals surface area contributed by atoms with E-state index in [1.807, 2.05) is 12.1 Å². The Morgan fingerprint density at radius 1 is 1.50 bits per heavy atom. The first-order chi connectivity index (χ1) is 8.70. The molecule has 0 spiro atoms.